The quantitative estimate of drug-likeness (QED) is 0.491. The molecule has 2 aromatic heterocycles. The number of fused-ring (bicyclic) bond motifs is 2. The third-order valence-electron chi connectivity index (χ3n) is 3.92. The Kier molecular flexibility index (Phi) is 6.06. The minimum atomic E-state index is -0.869. The predicted octanol–water partition coefficient (Wildman–Crippen LogP) is 0.999. The molecule has 1 N–H and O–H groups in total. The van der Waals surface area contributed by atoms with Crippen LogP contribution >= 0.6 is 0 Å². The van der Waals surface area contributed by atoms with Gasteiger partial charge in [-0.15, -0.1) is 0 Å². The summed E-state index contributed by atoms with van der Waals surface area (Å²) < 4.78 is 15.1. The normalized spacial score (nSPS) is 10.4. The smallest absolute Gasteiger partial charge is 0.422 e. The van der Waals surface area contributed by atoms with Crippen molar-refractivity contribution in [2.75, 3.05) is 6.61 Å². The summed E-state index contributed by atoms with van der Waals surface area (Å²) in [6.07, 6.45) is 0. The summed E-state index contributed by atoms with van der Waals surface area (Å²) in [6, 6.07) is 12.9. The molecule has 0 spiro atoms. The van der Waals surface area contributed by atoms with Gasteiger partial charge in [0.25, 0.3) is 11.1 Å². The summed E-state index contributed by atoms with van der Waals surface area (Å²) in [5.41, 5.74) is -0.462. The molecule has 10 nitrogen and oxygen atoms in total. The van der Waals surface area contributed by atoms with Gasteiger partial charge in [-0.1, -0.05) is 24.3 Å². The summed E-state index contributed by atoms with van der Waals surface area (Å²) >= 11 is 0. The number of esters is 1. The van der Waals surface area contributed by atoms with Crippen LogP contribution in [0.15, 0.2) is 76.5 Å². The zero-order valence-electron chi connectivity index (χ0n) is 15.7. The van der Waals surface area contributed by atoms with Crippen LogP contribution in [0.5, 0.6) is 0 Å². The third-order valence-corrected chi connectivity index (χ3v) is 3.92. The highest BCUT2D eigenvalue weighted by molar-refractivity contribution is 5.76. The molecule has 0 unspecified atom stereocenters. The van der Waals surface area contributed by atoms with Crippen LogP contribution in [0.3, 0.4) is 0 Å². The Balaban J connectivity index is 0.000000184. The lowest BCUT2D eigenvalue weighted by Crippen LogP contribution is -2.35. The van der Waals surface area contributed by atoms with Crippen LogP contribution in [0.4, 0.5) is 0 Å². The van der Waals surface area contributed by atoms with Crippen LogP contribution in [0.2, 0.25) is 0 Å². The molecule has 0 aliphatic carbocycles. The van der Waals surface area contributed by atoms with Crippen LogP contribution in [-0.2, 0) is 16.1 Å². The SMILES string of the molecule is CCOC(=O)Cn1c(=O)oc2ccccc2c1=O.O=c1[nH]c(=O)c2ccccc2o1. The van der Waals surface area contributed by atoms with Crippen molar-refractivity contribution in [3.63, 3.8) is 0 Å². The maximum absolute atomic E-state index is 12.0. The monoisotopic (exact) mass is 412 g/mol. The highest BCUT2D eigenvalue weighted by Crippen LogP contribution is 2.06. The van der Waals surface area contributed by atoms with Gasteiger partial charge in [0.2, 0.25) is 0 Å². The number of para-hydroxylation sites is 2. The minimum Gasteiger partial charge on any atom is -0.465 e. The molecular weight excluding hydrogens is 396 g/mol. The molecule has 0 bridgehead atoms. The molecule has 0 radical (unpaired) electrons. The molecule has 0 saturated heterocycles. The number of nitrogens with one attached hydrogen (secondary N) is 1. The van der Waals surface area contributed by atoms with E-state index in [1.807, 2.05) is 4.98 Å². The number of aromatic amines is 1. The molecule has 2 aromatic carbocycles. The first-order valence-electron chi connectivity index (χ1n) is 8.81. The summed E-state index contributed by atoms with van der Waals surface area (Å²) in [4.78, 5) is 58.7. The minimum absolute atomic E-state index is 0.187. The van der Waals surface area contributed by atoms with Crippen LogP contribution in [0.25, 0.3) is 21.9 Å². The molecular formula is C20H16N2O8. The fourth-order valence-electron chi connectivity index (χ4n) is 2.61. The van der Waals surface area contributed by atoms with Crippen molar-refractivity contribution in [1.29, 1.82) is 0 Å². The topological polar surface area (TPSA) is 142 Å². The van der Waals surface area contributed by atoms with Gasteiger partial charge in [-0.2, -0.15) is 0 Å². The standard InChI is InChI=1S/C12H11NO5.C8H5NO3/c1-2-17-10(14)7-13-11(15)8-5-3-4-6-9(8)18-12(13)16;10-7-5-3-1-2-4-6(5)12-8(11)9-7/h3-6H,2,7H2,1H3;1-4H,(H,9,10,11). The van der Waals surface area contributed by atoms with E-state index in [1.165, 1.54) is 12.1 Å². The second-order valence-corrected chi connectivity index (χ2v) is 5.90. The molecule has 0 atom stereocenters. The van der Waals surface area contributed by atoms with Gasteiger partial charge in [-0.25, -0.2) is 14.2 Å². The van der Waals surface area contributed by atoms with E-state index in [9.17, 15) is 24.0 Å². The van der Waals surface area contributed by atoms with Crippen LogP contribution in [-0.4, -0.2) is 22.1 Å². The fourth-order valence-corrected chi connectivity index (χ4v) is 2.61. The summed E-state index contributed by atoms with van der Waals surface area (Å²) in [7, 11) is 0. The average Bonchev–Trinajstić information content (AvgIpc) is 2.72. The molecule has 30 heavy (non-hydrogen) atoms. The van der Waals surface area contributed by atoms with Crippen molar-refractivity contribution in [1.82, 2.24) is 9.55 Å². The Morgan fingerprint density at radius 2 is 1.53 bits per heavy atom. The molecule has 4 aromatic rings. The Labute approximate surface area is 166 Å². The Hall–Kier alpha value is -4.21. The molecule has 10 heteroatoms. The number of aromatic nitrogens is 2. The molecule has 0 aliphatic rings. The van der Waals surface area contributed by atoms with E-state index in [0.29, 0.717) is 11.0 Å². The first-order valence-corrected chi connectivity index (χ1v) is 8.81. The molecule has 4 rings (SSSR count). The van der Waals surface area contributed by atoms with E-state index in [0.717, 1.165) is 4.57 Å². The molecule has 154 valence electrons. The predicted molar refractivity (Wildman–Crippen MR) is 106 cm³/mol. The molecule has 0 fully saturated rings. The Morgan fingerprint density at radius 3 is 2.20 bits per heavy atom. The number of ether oxygens (including phenoxy) is 1. The Morgan fingerprint density at radius 1 is 0.933 bits per heavy atom. The van der Waals surface area contributed by atoms with Crippen molar-refractivity contribution in [3.8, 4) is 0 Å². The number of rotatable bonds is 3. The van der Waals surface area contributed by atoms with E-state index in [2.05, 4.69) is 4.74 Å². The second-order valence-electron chi connectivity index (χ2n) is 5.90. The first kappa shape index (κ1) is 20.5. The van der Waals surface area contributed by atoms with Crippen LogP contribution < -0.4 is 22.6 Å². The fraction of sp³-hybridized carbons (Fsp3) is 0.150. The van der Waals surface area contributed by atoms with Gasteiger partial charge < -0.3 is 13.6 Å². The summed E-state index contributed by atoms with van der Waals surface area (Å²) in [6.45, 7) is 1.38. The van der Waals surface area contributed by atoms with Gasteiger partial charge in [0.05, 0.1) is 17.4 Å². The lowest BCUT2D eigenvalue weighted by Gasteiger charge is -2.04. The van der Waals surface area contributed by atoms with Crippen molar-refractivity contribution in [2.24, 2.45) is 0 Å². The molecule has 0 amide bonds. The second kappa shape index (κ2) is 8.86. The maximum atomic E-state index is 12.0. The number of hydrogen-bond donors (Lipinski definition) is 1. The average molecular weight is 412 g/mol. The van der Waals surface area contributed by atoms with E-state index in [-0.39, 0.29) is 17.6 Å². The number of nitrogens with zero attached hydrogens (tertiary/aromatic N) is 1. The van der Waals surface area contributed by atoms with E-state index in [1.54, 1.807) is 43.3 Å². The van der Waals surface area contributed by atoms with Crippen molar-refractivity contribution in [2.45, 2.75) is 13.5 Å². The zero-order chi connectivity index (χ0) is 21.7. The van der Waals surface area contributed by atoms with E-state index >= 15 is 0 Å². The number of benzene rings is 2. The lowest BCUT2D eigenvalue weighted by atomic mass is 10.2. The van der Waals surface area contributed by atoms with Crippen LogP contribution in [0.1, 0.15) is 6.92 Å². The number of carbonyl (C=O) groups excluding carboxylic acids is 1. The summed E-state index contributed by atoms with van der Waals surface area (Å²) in [5.74, 6) is -2.24. The zero-order valence-corrected chi connectivity index (χ0v) is 15.7. The lowest BCUT2D eigenvalue weighted by molar-refractivity contribution is -0.144. The highest BCUT2D eigenvalue weighted by Gasteiger charge is 2.12. The van der Waals surface area contributed by atoms with Gasteiger partial charge >= 0.3 is 17.5 Å². The first-order chi connectivity index (χ1) is 14.4. The van der Waals surface area contributed by atoms with Gasteiger partial charge in [-0.3, -0.25) is 19.4 Å². The van der Waals surface area contributed by atoms with Crippen LogP contribution in [0, 0.1) is 0 Å². The Bertz CT molecular complexity index is 1440. The van der Waals surface area contributed by atoms with E-state index in [4.69, 9.17) is 8.83 Å². The third kappa shape index (κ3) is 4.43. The van der Waals surface area contributed by atoms with Crippen molar-refractivity contribution >= 4 is 27.9 Å². The molecule has 0 aliphatic heterocycles. The molecule has 0 saturated carbocycles. The summed E-state index contributed by atoms with van der Waals surface area (Å²) in [5, 5.41) is 0.637. The molecule has 2 heterocycles. The van der Waals surface area contributed by atoms with E-state index < -0.39 is 35.1 Å². The van der Waals surface area contributed by atoms with Gasteiger partial charge in [0, 0.05) is 0 Å². The van der Waals surface area contributed by atoms with Gasteiger partial charge in [-0.05, 0) is 31.2 Å². The maximum Gasteiger partial charge on any atom is 0.422 e. The highest BCUT2D eigenvalue weighted by atomic mass is 16.5. The number of hydrogen-bond acceptors (Lipinski definition) is 8. The van der Waals surface area contributed by atoms with Crippen molar-refractivity contribution in [3.05, 3.63) is 90.3 Å². The van der Waals surface area contributed by atoms with Gasteiger partial charge in [0.15, 0.2) is 0 Å². The number of carbonyl (C=O) groups is 1. The van der Waals surface area contributed by atoms with Gasteiger partial charge in [0.1, 0.15) is 17.7 Å². The largest absolute Gasteiger partial charge is 0.465 e. The number of H-pyrrole nitrogens is 1. The van der Waals surface area contributed by atoms with Crippen molar-refractivity contribution < 1.29 is 18.4 Å².